The lowest BCUT2D eigenvalue weighted by Gasteiger charge is -2.37. The van der Waals surface area contributed by atoms with Gasteiger partial charge in [-0.1, -0.05) is 58.0 Å². The maximum absolute atomic E-state index is 13.8. The van der Waals surface area contributed by atoms with E-state index in [-0.39, 0.29) is 27.4 Å². The summed E-state index contributed by atoms with van der Waals surface area (Å²) in [7, 11) is -2.67. The maximum Gasteiger partial charge on any atom is 0.281 e. The molecule has 1 aliphatic heterocycles. The molecular formula is C31H39N5O4S. The van der Waals surface area contributed by atoms with Crippen LogP contribution in [-0.2, 0) is 15.4 Å². The summed E-state index contributed by atoms with van der Waals surface area (Å²) >= 11 is 0. The van der Waals surface area contributed by atoms with E-state index in [0.29, 0.717) is 23.8 Å². The van der Waals surface area contributed by atoms with Crippen LogP contribution in [0.5, 0.6) is 5.75 Å². The SMILES string of the molecule is COc1ccc(/C=C/c2cc(C(=O)NS(=O)(=O)c3cccc(N)n3)c(N3CCC(C)C3(C)C)nc2C(C)(C)C)cc1. The molecule has 1 aliphatic rings. The molecule has 3 N–H and O–H groups in total. The summed E-state index contributed by atoms with van der Waals surface area (Å²) in [5, 5.41) is -0.332. The number of benzene rings is 1. The summed E-state index contributed by atoms with van der Waals surface area (Å²) in [6.45, 7) is 13.3. The van der Waals surface area contributed by atoms with Crippen molar-refractivity contribution in [1.82, 2.24) is 14.7 Å². The smallest absolute Gasteiger partial charge is 0.281 e. The second kappa shape index (κ2) is 11.2. The molecule has 3 aromatic rings. The number of pyridine rings is 2. The van der Waals surface area contributed by atoms with Gasteiger partial charge >= 0.3 is 0 Å². The number of nitrogens with two attached hydrogens (primary N) is 1. The summed E-state index contributed by atoms with van der Waals surface area (Å²) in [4.78, 5) is 24.9. The van der Waals surface area contributed by atoms with Gasteiger partial charge in [-0.15, -0.1) is 0 Å². The van der Waals surface area contributed by atoms with Gasteiger partial charge in [-0.25, -0.2) is 14.7 Å². The highest BCUT2D eigenvalue weighted by molar-refractivity contribution is 7.90. The Balaban J connectivity index is 1.86. The zero-order valence-electron chi connectivity index (χ0n) is 24.7. The minimum Gasteiger partial charge on any atom is -0.497 e. The van der Waals surface area contributed by atoms with E-state index in [1.54, 1.807) is 13.2 Å². The number of carbonyl (C=O) groups is 1. The minimum absolute atomic E-state index is 0.0379. The van der Waals surface area contributed by atoms with Crippen molar-refractivity contribution in [3.63, 3.8) is 0 Å². The van der Waals surface area contributed by atoms with Crippen molar-refractivity contribution in [3.8, 4) is 5.75 Å². The van der Waals surface area contributed by atoms with Gasteiger partial charge in [0.15, 0.2) is 5.03 Å². The molecule has 1 saturated heterocycles. The minimum atomic E-state index is -4.29. The third kappa shape index (κ3) is 6.37. The number of nitrogens with one attached hydrogen (secondary N) is 1. The first-order valence-corrected chi connectivity index (χ1v) is 15.1. The summed E-state index contributed by atoms with van der Waals surface area (Å²) in [6, 6.07) is 13.6. The van der Waals surface area contributed by atoms with E-state index >= 15 is 0 Å². The van der Waals surface area contributed by atoms with Gasteiger partial charge in [0.05, 0.1) is 18.4 Å². The fourth-order valence-corrected chi connectivity index (χ4v) is 5.88. The van der Waals surface area contributed by atoms with E-state index in [1.165, 1.54) is 18.2 Å². The van der Waals surface area contributed by atoms with Gasteiger partial charge in [0.25, 0.3) is 15.9 Å². The molecule has 0 saturated carbocycles. The van der Waals surface area contributed by atoms with E-state index < -0.39 is 15.9 Å². The predicted molar refractivity (Wildman–Crippen MR) is 163 cm³/mol. The number of anilines is 2. The van der Waals surface area contributed by atoms with E-state index in [4.69, 9.17) is 15.5 Å². The lowest BCUT2D eigenvalue weighted by Crippen LogP contribution is -2.44. The molecule has 0 spiro atoms. The maximum atomic E-state index is 13.8. The van der Waals surface area contributed by atoms with Crippen molar-refractivity contribution in [2.45, 2.75) is 63.9 Å². The van der Waals surface area contributed by atoms with Crippen LogP contribution in [0, 0.1) is 5.92 Å². The van der Waals surface area contributed by atoms with Crippen LogP contribution in [-0.4, -0.2) is 43.5 Å². The summed E-state index contributed by atoms with van der Waals surface area (Å²) in [5.74, 6) is 0.802. The molecule has 0 aliphatic carbocycles. The number of nitrogen functional groups attached to an aromatic ring is 1. The lowest BCUT2D eigenvalue weighted by molar-refractivity contribution is 0.0981. The molecule has 1 aromatic carbocycles. The Labute approximate surface area is 242 Å². The van der Waals surface area contributed by atoms with Crippen LogP contribution in [0.25, 0.3) is 12.2 Å². The second-order valence-corrected chi connectivity index (χ2v) is 13.6. The number of aromatic nitrogens is 2. The number of methoxy groups -OCH3 is 1. The van der Waals surface area contributed by atoms with Crippen LogP contribution in [0.4, 0.5) is 11.6 Å². The van der Waals surface area contributed by atoms with Gasteiger partial charge in [-0.3, -0.25) is 4.79 Å². The molecule has 0 radical (unpaired) electrons. The Morgan fingerprint density at radius 2 is 1.80 bits per heavy atom. The molecule has 1 amide bonds. The van der Waals surface area contributed by atoms with Crippen molar-refractivity contribution < 1.29 is 17.9 Å². The van der Waals surface area contributed by atoms with Crippen LogP contribution < -0.4 is 20.1 Å². The molecule has 1 atom stereocenters. The number of rotatable bonds is 7. The molecule has 4 rings (SSSR count). The Morgan fingerprint density at radius 3 is 2.37 bits per heavy atom. The van der Waals surface area contributed by atoms with Gasteiger partial charge < -0.3 is 15.4 Å². The largest absolute Gasteiger partial charge is 0.497 e. The summed E-state index contributed by atoms with van der Waals surface area (Å²) < 4.78 is 33.8. The van der Waals surface area contributed by atoms with E-state index in [1.807, 2.05) is 36.4 Å². The third-order valence-corrected chi connectivity index (χ3v) is 8.98. The number of ether oxygens (including phenoxy) is 1. The molecule has 218 valence electrons. The van der Waals surface area contributed by atoms with Crippen LogP contribution in [0.15, 0.2) is 53.6 Å². The van der Waals surface area contributed by atoms with E-state index in [9.17, 15) is 13.2 Å². The van der Waals surface area contributed by atoms with Crippen molar-refractivity contribution in [2.24, 2.45) is 5.92 Å². The standard InChI is InChI=1S/C31H39N5O4S/c1-20-17-18-36(31(20,5)6)28-24(29(37)35-41(38,39)26-10-8-9-25(32)33-26)19-22(27(34-28)30(2,3)4)14-11-21-12-15-23(40-7)16-13-21/h8-16,19-20H,17-18H2,1-7H3,(H2,32,33)(H,35,37)/b14-11+. The van der Waals surface area contributed by atoms with Crippen LogP contribution >= 0.6 is 0 Å². The van der Waals surface area contributed by atoms with Crippen LogP contribution in [0.2, 0.25) is 0 Å². The van der Waals surface area contributed by atoms with Crippen molar-refractivity contribution >= 4 is 39.7 Å². The van der Waals surface area contributed by atoms with Crippen LogP contribution in [0.3, 0.4) is 0 Å². The molecule has 3 heterocycles. The first-order chi connectivity index (χ1) is 19.1. The van der Waals surface area contributed by atoms with Gasteiger partial charge in [-0.2, -0.15) is 8.42 Å². The van der Waals surface area contributed by atoms with Crippen molar-refractivity contribution in [2.75, 3.05) is 24.3 Å². The molecule has 1 fully saturated rings. The number of hydrogen-bond donors (Lipinski definition) is 2. The predicted octanol–water partition coefficient (Wildman–Crippen LogP) is 5.28. The van der Waals surface area contributed by atoms with Gasteiger partial charge in [0, 0.05) is 17.5 Å². The Kier molecular flexibility index (Phi) is 8.18. The summed E-state index contributed by atoms with van der Waals surface area (Å²) in [6.07, 6.45) is 4.76. The zero-order valence-corrected chi connectivity index (χ0v) is 25.5. The zero-order chi connectivity index (χ0) is 30.2. The number of amides is 1. The first-order valence-electron chi connectivity index (χ1n) is 13.6. The Bertz CT molecular complexity index is 1570. The topological polar surface area (TPSA) is 128 Å². The number of hydrogen-bond acceptors (Lipinski definition) is 8. The van der Waals surface area contributed by atoms with E-state index in [0.717, 1.165) is 23.4 Å². The van der Waals surface area contributed by atoms with Crippen LogP contribution in [0.1, 0.15) is 75.1 Å². The molecule has 41 heavy (non-hydrogen) atoms. The monoisotopic (exact) mass is 577 g/mol. The summed E-state index contributed by atoms with van der Waals surface area (Å²) in [5.41, 5.74) is 7.65. The fraction of sp³-hybridized carbons (Fsp3) is 0.387. The normalized spacial score (nSPS) is 17.1. The third-order valence-electron chi connectivity index (χ3n) is 7.75. The van der Waals surface area contributed by atoms with Gasteiger partial charge in [0.1, 0.15) is 17.4 Å². The van der Waals surface area contributed by atoms with Crippen molar-refractivity contribution in [3.05, 3.63) is 70.9 Å². The molecule has 0 bridgehead atoms. The molecule has 10 heteroatoms. The number of nitrogens with zero attached hydrogens (tertiary/aromatic N) is 3. The fourth-order valence-electron chi connectivity index (χ4n) is 4.94. The molecule has 1 unspecified atom stereocenters. The quantitative estimate of drug-likeness (QED) is 0.388. The first kappa shape index (κ1) is 30.0. The average Bonchev–Trinajstić information content (AvgIpc) is 3.18. The lowest BCUT2D eigenvalue weighted by atomic mass is 9.86. The molecular weight excluding hydrogens is 538 g/mol. The van der Waals surface area contributed by atoms with E-state index in [2.05, 4.69) is 56.1 Å². The Hall–Kier alpha value is -3.92. The van der Waals surface area contributed by atoms with Crippen molar-refractivity contribution in [1.29, 1.82) is 0 Å². The highest BCUT2D eigenvalue weighted by atomic mass is 32.2. The second-order valence-electron chi connectivity index (χ2n) is 12.0. The highest BCUT2D eigenvalue weighted by Gasteiger charge is 2.41. The molecule has 2 aromatic heterocycles. The average molecular weight is 578 g/mol. The number of sulfonamides is 1. The van der Waals surface area contributed by atoms with Gasteiger partial charge in [0.2, 0.25) is 0 Å². The Morgan fingerprint density at radius 1 is 1.12 bits per heavy atom. The van der Waals surface area contributed by atoms with Gasteiger partial charge in [-0.05, 0) is 67.6 Å². The number of carbonyl (C=O) groups excluding carboxylic acids is 1. The molecule has 9 nitrogen and oxygen atoms in total. The highest BCUT2D eigenvalue weighted by Crippen LogP contribution is 2.40.